The molecule has 0 aliphatic carbocycles. The van der Waals surface area contributed by atoms with Crippen LogP contribution in [0.15, 0.2) is 11.6 Å². The van der Waals surface area contributed by atoms with E-state index in [4.69, 9.17) is 0 Å². The number of hydrogen-bond acceptors (Lipinski definition) is 1. The molecule has 0 spiro atoms. The Morgan fingerprint density at radius 3 is 2.62 bits per heavy atom. The zero-order valence-corrected chi connectivity index (χ0v) is 13.2. The fourth-order valence-electron chi connectivity index (χ4n) is 1.25. The summed E-state index contributed by atoms with van der Waals surface area (Å²) < 4.78 is 0. The van der Waals surface area contributed by atoms with Gasteiger partial charge < -0.3 is 12.2 Å². The van der Waals surface area contributed by atoms with Gasteiger partial charge in [0.2, 0.25) is 0 Å². The fraction of sp³-hybridized carbons (Fsp3) is 0.727. The van der Waals surface area contributed by atoms with Crippen LogP contribution < -0.4 is 5.32 Å². The molecule has 76 valence electrons. The maximum Gasteiger partial charge on any atom is 0.0137 e. The first-order valence-corrected chi connectivity index (χ1v) is 5.11. The molecule has 2 heteroatoms. The van der Waals surface area contributed by atoms with Crippen molar-refractivity contribution in [1.82, 2.24) is 5.32 Å². The molecule has 13 heavy (non-hydrogen) atoms. The molecule has 1 aliphatic heterocycles. The second-order valence-electron chi connectivity index (χ2n) is 2.77. The zero-order chi connectivity index (χ0) is 9.23. The van der Waals surface area contributed by atoms with Crippen LogP contribution in [0.1, 0.15) is 39.5 Å². The van der Waals surface area contributed by atoms with E-state index in [-0.39, 0.29) is 31.1 Å². The Balaban J connectivity index is 0. The SMILES string of the molecule is CC.[CH2-]CCCC1=CCNCC1.[U]. The van der Waals surface area contributed by atoms with Crippen molar-refractivity contribution >= 4 is 0 Å². The molecular weight excluding hydrogens is 384 g/mol. The molecule has 0 saturated carbocycles. The second kappa shape index (κ2) is 12.8. The topological polar surface area (TPSA) is 12.0 Å². The monoisotopic (exact) mass is 406 g/mol. The molecule has 1 rings (SSSR count). The average molecular weight is 406 g/mol. The molecule has 1 nitrogen and oxygen atoms in total. The van der Waals surface area contributed by atoms with Crippen LogP contribution in [0, 0.1) is 38.0 Å². The third kappa shape index (κ3) is 9.07. The molecule has 0 aromatic carbocycles. The molecule has 0 saturated heterocycles. The van der Waals surface area contributed by atoms with E-state index in [9.17, 15) is 0 Å². The smallest absolute Gasteiger partial charge is 0.0137 e. The van der Waals surface area contributed by atoms with Gasteiger partial charge in [0, 0.05) is 37.7 Å². The van der Waals surface area contributed by atoms with Crippen LogP contribution in [0.5, 0.6) is 0 Å². The molecule has 0 atom stereocenters. The van der Waals surface area contributed by atoms with Gasteiger partial charge in [0.05, 0.1) is 0 Å². The maximum atomic E-state index is 3.83. The Bertz CT molecular complexity index is 121. The van der Waals surface area contributed by atoms with Crippen LogP contribution in [0.2, 0.25) is 0 Å². The molecule has 1 N–H and O–H groups in total. The van der Waals surface area contributed by atoms with Gasteiger partial charge in [-0.1, -0.05) is 31.9 Å². The van der Waals surface area contributed by atoms with E-state index >= 15 is 0 Å². The molecule has 0 aromatic heterocycles. The van der Waals surface area contributed by atoms with Crippen LogP contribution in [-0.4, -0.2) is 13.1 Å². The first-order valence-electron chi connectivity index (χ1n) is 5.11. The van der Waals surface area contributed by atoms with Crippen LogP contribution in [0.4, 0.5) is 0 Å². The van der Waals surface area contributed by atoms with Gasteiger partial charge in [-0.2, -0.15) is 6.42 Å². The molecular formula is C11H22NU-. The molecule has 0 amide bonds. The van der Waals surface area contributed by atoms with Crippen LogP contribution in [0.25, 0.3) is 0 Å². The summed E-state index contributed by atoms with van der Waals surface area (Å²) >= 11 is 0. The zero-order valence-electron chi connectivity index (χ0n) is 9.03. The predicted octanol–water partition coefficient (Wildman–Crippen LogP) is 2.94. The number of nitrogens with one attached hydrogen (secondary N) is 1. The van der Waals surface area contributed by atoms with Gasteiger partial charge in [-0.25, -0.2) is 0 Å². The molecule has 0 radical (unpaired) electrons. The van der Waals surface area contributed by atoms with Crippen molar-refractivity contribution in [2.24, 2.45) is 0 Å². The fourth-order valence-corrected chi connectivity index (χ4v) is 1.25. The van der Waals surface area contributed by atoms with E-state index in [0.29, 0.717) is 0 Å². The largest absolute Gasteiger partial charge is 0.343 e. The minimum atomic E-state index is 0. The standard InChI is InChI=1S/C9H16N.C2H6.U/c1-2-3-4-9-5-7-10-8-6-9;1-2;/h5,10H,1-4,6-8H2;1-2H3;/q-1;;. The third-order valence-corrected chi connectivity index (χ3v) is 1.91. The third-order valence-electron chi connectivity index (χ3n) is 1.91. The van der Waals surface area contributed by atoms with E-state index in [2.05, 4.69) is 18.3 Å². The molecule has 1 aliphatic rings. The Labute approximate surface area is 107 Å². The predicted molar refractivity (Wildman–Crippen MR) is 56.1 cm³/mol. The summed E-state index contributed by atoms with van der Waals surface area (Å²) in [6.07, 6.45) is 7.17. The molecule has 0 bridgehead atoms. The average Bonchev–Trinajstić information content (AvgIpc) is 2.19. The molecule has 0 fully saturated rings. The Morgan fingerprint density at radius 2 is 2.15 bits per heavy atom. The van der Waals surface area contributed by atoms with Crippen LogP contribution in [0.3, 0.4) is 0 Å². The number of rotatable bonds is 3. The summed E-state index contributed by atoms with van der Waals surface area (Å²) in [7, 11) is 0. The van der Waals surface area contributed by atoms with Crippen molar-refractivity contribution < 1.29 is 31.1 Å². The quantitative estimate of drug-likeness (QED) is 0.562. The summed E-state index contributed by atoms with van der Waals surface area (Å²) in [4.78, 5) is 0. The van der Waals surface area contributed by atoms with E-state index in [0.717, 1.165) is 13.0 Å². The molecule has 0 unspecified atom stereocenters. The van der Waals surface area contributed by atoms with Gasteiger partial charge in [-0.05, 0) is 19.4 Å². The van der Waals surface area contributed by atoms with Gasteiger partial charge in [0.1, 0.15) is 0 Å². The van der Waals surface area contributed by atoms with E-state index < -0.39 is 0 Å². The van der Waals surface area contributed by atoms with Crippen LogP contribution in [-0.2, 0) is 0 Å². The van der Waals surface area contributed by atoms with Gasteiger partial charge >= 0.3 is 0 Å². The van der Waals surface area contributed by atoms with Gasteiger partial charge in [0.25, 0.3) is 0 Å². The van der Waals surface area contributed by atoms with Crippen molar-refractivity contribution in [2.45, 2.75) is 39.5 Å². The summed E-state index contributed by atoms with van der Waals surface area (Å²) in [5.41, 5.74) is 1.63. The van der Waals surface area contributed by atoms with Crippen molar-refractivity contribution in [3.05, 3.63) is 18.6 Å². The second-order valence-corrected chi connectivity index (χ2v) is 2.77. The first kappa shape index (κ1) is 16.2. The summed E-state index contributed by atoms with van der Waals surface area (Å²) in [5, 5.41) is 3.30. The number of hydrogen-bond donors (Lipinski definition) is 1. The van der Waals surface area contributed by atoms with Crippen molar-refractivity contribution in [3.8, 4) is 0 Å². The van der Waals surface area contributed by atoms with E-state index in [1.54, 1.807) is 5.57 Å². The minimum absolute atomic E-state index is 0. The first-order chi connectivity index (χ1) is 5.93. The normalized spacial score (nSPS) is 14.8. The number of unbranched alkanes of at least 4 members (excludes halogenated alkanes) is 1. The maximum absolute atomic E-state index is 3.83. The molecule has 0 aromatic rings. The molecule has 1 heterocycles. The minimum Gasteiger partial charge on any atom is -0.343 e. The Kier molecular flexibility index (Phi) is 15.9. The van der Waals surface area contributed by atoms with Crippen molar-refractivity contribution in [3.63, 3.8) is 0 Å². The van der Waals surface area contributed by atoms with Gasteiger partial charge in [-0.3, -0.25) is 0 Å². The van der Waals surface area contributed by atoms with Crippen LogP contribution >= 0.6 is 0 Å². The van der Waals surface area contributed by atoms with Crippen molar-refractivity contribution in [2.75, 3.05) is 13.1 Å². The Hall–Kier alpha value is 0.752. The van der Waals surface area contributed by atoms with Crippen molar-refractivity contribution in [1.29, 1.82) is 0 Å². The summed E-state index contributed by atoms with van der Waals surface area (Å²) in [6, 6.07) is 0. The Morgan fingerprint density at radius 1 is 1.46 bits per heavy atom. The van der Waals surface area contributed by atoms with E-state index in [1.807, 2.05) is 13.8 Å². The van der Waals surface area contributed by atoms with E-state index in [1.165, 1.54) is 25.8 Å². The summed E-state index contributed by atoms with van der Waals surface area (Å²) in [5.74, 6) is 0. The van der Waals surface area contributed by atoms with Gasteiger partial charge in [0.15, 0.2) is 0 Å². The van der Waals surface area contributed by atoms with Gasteiger partial charge in [-0.15, -0.1) is 0 Å². The summed E-state index contributed by atoms with van der Waals surface area (Å²) in [6.45, 7) is 10.1.